The molecule has 142 valence electrons. The number of imidazole rings is 1. The summed E-state index contributed by atoms with van der Waals surface area (Å²) >= 11 is 0. The van der Waals surface area contributed by atoms with Gasteiger partial charge in [0.2, 0.25) is 0 Å². The normalized spacial score (nSPS) is 15.5. The molecule has 0 unspecified atom stereocenters. The van der Waals surface area contributed by atoms with E-state index in [0.29, 0.717) is 43.3 Å². The molecule has 0 amide bonds. The summed E-state index contributed by atoms with van der Waals surface area (Å²) in [7, 11) is 1.58. The fourth-order valence-electron chi connectivity index (χ4n) is 3.30. The molecule has 1 aliphatic heterocycles. The van der Waals surface area contributed by atoms with Crippen LogP contribution in [0.4, 0.5) is 4.39 Å². The minimum absolute atomic E-state index is 0.317. The Hall–Kier alpha value is -2.78. The zero-order valence-electron chi connectivity index (χ0n) is 14.9. The van der Waals surface area contributed by atoms with Crippen LogP contribution in [0.25, 0.3) is 11.2 Å². The van der Waals surface area contributed by atoms with Gasteiger partial charge in [0.15, 0.2) is 11.2 Å². The number of benzene rings is 1. The van der Waals surface area contributed by atoms with Gasteiger partial charge in [0, 0.05) is 26.7 Å². The van der Waals surface area contributed by atoms with E-state index < -0.39 is 11.2 Å². The topological polar surface area (TPSA) is 85.2 Å². The van der Waals surface area contributed by atoms with Crippen molar-refractivity contribution in [3.05, 3.63) is 62.3 Å². The molecular formula is C18H20FN5O3. The molecule has 27 heavy (non-hydrogen) atoms. The first-order valence-electron chi connectivity index (χ1n) is 8.76. The molecule has 0 radical (unpaired) electrons. The van der Waals surface area contributed by atoms with Crippen molar-refractivity contribution >= 4 is 11.2 Å². The number of fused-ring (bicyclic) bond motifs is 1. The second-order valence-corrected chi connectivity index (χ2v) is 6.62. The van der Waals surface area contributed by atoms with E-state index in [4.69, 9.17) is 4.74 Å². The molecule has 1 aliphatic rings. The number of rotatable bonds is 4. The van der Waals surface area contributed by atoms with Gasteiger partial charge in [-0.05, 0) is 17.7 Å². The summed E-state index contributed by atoms with van der Waals surface area (Å²) in [5, 5.41) is 0. The predicted molar refractivity (Wildman–Crippen MR) is 97.2 cm³/mol. The van der Waals surface area contributed by atoms with Gasteiger partial charge >= 0.3 is 5.69 Å². The van der Waals surface area contributed by atoms with Gasteiger partial charge < -0.3 is 9.30 Å². The first-order chi connectivity index (χ1) is 13.0. The van der Waals surface area contributed by atoms with Crippen LogP contribution >= 0.6 is 0 Å². The highest BCUT2D eigenvalue weighted by Crippen LogP contribution is 2.16. The van der Waals surface area contributed by atoms with Crippen LogP contribution in [-0.2, 0) is 24.9 Å². The summed E-state index contributed by atoms with van der Waals surface area (Å²) in [5.41, 5.74) is 0.541. The number of aromatic nitrogens is 4. The number of aromatic amines is 1. The number of hydrogen-bond acceptors (Lipinski definition) is 5. The lowest BCUT2D eigenvalue weighted by molar-refractivity contribution is 0.0327. The first-order valence-corrected chi connectivity index (χ1v) is 8.76. The molecule has 1 aromatic carbocycles. The van der Waals surface area contributed by atoms with Crippen molar-refractivity contribution in [1.29, 1.82) is 0 Å². The SMILES string of the molecule is Cn1c(=O)[nH]c(=O)c2c1nc(CN1CCOCC1)n2Cc1ccc(F)cc1. The zero-order valence-corrected chi connectivity index (χ0v) is 14.9. The average Bonchev–Trinajstić information content (AvgIpc) is 3.01. The number of H-pyrrole nitrogens is 1. The molecule has 3 aromatic rings. The van der Waals surface area contributed by atoms with Crippen molar-refractivity contribution in [2.75, 3.05) is 26.3 Å². The Morgan fingerprint density at radius 1 is 1.15 bits per heavy atom. The second-order valence-electron chi connectivity index (χ2n) is 6.62. The Bertz CT molecular complexity index is 1080. The molecule has 1 fully saturated rings. The molecule has 1 saturated heterocycles. The summed E-state index contributed by atoms with van der Waals surface area (Å²) in [6, 6.07) is 6.12. The van der Waals surface area contributed by atoms with Crippen molar-refractivity contribution in [2.45, 2.75) is 13.1 Å². The molecule has 3 heterocycles. The third-order valence-electron chi connectivity index (χ3n) is 4.81. The van der Waals surface area contributed by atoms with Crippen LogP contribution in [0.5, 0.6) is 0 Å². The Kier molecular flexibility index (Phi) is 4.63. The van der Waals surface area contributed by atoms with Crippen LogP contribution in [0.15, 0.2) is 33.9 Å². The van der Waals surface area contributed by atoms with Crippen molar-refractivity contribution in [3.8, 4) is 0 Å². The van der Waals surface area contributed by atoms with E-state index in [2.05, 4.69) is 14.9 Å². The van der Waals surface area contributed by atoms with E-state index >= 15 is 0 Å². The van der Waals surface area contributed by atoms with Crippen LogP contribution in [0.1, 0.15) is 11.4 Å². The summed E-state index contributed by atoms with van der Waals surface area (Å²) in [6.45, 7) is 3.74. The summed E-state index contributed by atoms with van der Waals surface area (Å²) in [4.78, 5) is 33.6. The quantitative estimate of drug-likeness (QED) is 0.718. The Balaban J connectivity index is 1.82. The highest BCUT2D eigenvalue weighted by atomic mass is 19.1. The Morgan fingerprint density at radius 3 is 2.56 bits per heavy atom. The number of nitrogens with zero attached hydrogens (tertiary/aromatic N) is 4. The molecule has 0 spiro atoms. The third-order valence-corrected chi connectivity index (χ3v) is 4.81. The summed E-state index contributed by atoms with van der Waals surface area (Å²) in [5.74, 6) is 0.367. The fourth-order valence-corrected chi connectivity index (χ4v) is 3.30. The van der Waals surface area contributed by atoms with E-state index in [1.807, 2.05) is 0 Å². The van der Waals surface area contributed by atoms with Crippen LogP contribution in [-0.4, -0.2) is 50.3 Å². The van der Waals surface area contributed by atoms with Gasteiger partial charge in [0.05, 0.1) is 19.8 Å². The van der Waals surface area contributed by atoms with Gasteiger partial charge in [-0.15, -0.1) is 0 Å². The lowest BCUT2D eigenvalue weighted by Crippen LogP contribution is -2.36. The second kappa shape index (κ2) is 7.09. The van der Waals surface area contributed by atoms with Crippen LogP contribution in [0.2, 0.25) is 0 Å². The molecule has 9 heteroatoms. The van der Waals surface area contributed by atoms with Crippen molar-refractivity contribution in [3.63, 3.8) is 0 Å². The van der Waals surface area contributed by atoms with Gasteiger partial charge in [-0.1, -0.05) is 12.1 Å². The van der Waals surface area contributed by atoms with Crippen molar-refractivity contribution in [2.24, 2.45) is 7.05 Å². The van der Waals surface area contributed by atoms with Crippen LogP contribution in [0, 0.1) is 5.82 Å². The van der Waals surface area contributed by atoms with Gasteiger partial charge in [0.1, 0.15) is 11.6 Å². The monoisotopic (exact) mass is 373 g/mol. The summed E-state index contributed by atoms with van der Waals surface area (Å²) < 4.78 is 21.8. The highest BCUT2D eigenvalue weighted by molar-refractivity contribution is 5.71. The minimum atomic E-state index is -0.503. The van der Waals surface area contributed by atoms with Gasteiger partial charge in [-0.3, -0.25) is 19.2 Å². The summed E-state index contributed by atoms with van der Waals surface area (Å²) in [6.07, 6.45) is 0. The molecule has 0 atom stereocenters. The maximum Gasteiger partial charge on any atom is 0.329 e. The standard InChI is InChI=1S/C18H20FN5O3/c1-22-16-15(17(25)21-18(22)26)24(10-12-2-4-13(19)5-3-12)14(20-16)11-23-6-8-27-9-7-23/h2-5H,6-11H2,1H3,(H,21,25,26). The largest absolute Gasteiger partial charge is 0.379 e. The van der Waals surface area contributed by atoms with E-state index in [1.165, 1.54) is 16.7 Å². The Morgan fingerprint density at radius 2 is 1.85 bits per heavy atom. The average molecular weight is 373 g/mol. The van der Waals surface area contributed by atoms with E-state index in [0.717, 1.165) is 18.7 Å². The number of morpholine rings is 1. The van der Waals surface area contributed by atoms with Crippen LogP contribution < -0.4 is 11.2 Å². The number of aryl methyl sites for hydroxylation is 1. The molecule has 0 saturated carbocycles. The molecule has 0 bridgehead atoms. The van der Waals surface area contributed by atoms with Crippen molar-refractivity contribution in [1.82, 2.24) is 24.0 Å². The number of ether oxygens (including phenoxy) is 1. The lowest BCUT2D eigenvalue weighted by atomic mass is 10.2. The third kappa shape index (κ3) is 3.43. The number of nitrogens with one attached hydrogen (secondary N) is 1. The molecule has 8 nitrogen and oxygen atoms in total. The molecule has 1 N–H and O–H groups in total. The molecule has 0 aliphatic carbocycles. The van der Waals surface area contributed by atoms with Crippen molar-refractivity contribution < 1.29 is 9.13 Å². The number of halogens is 1. The first kappa shape index (κ1) is 17.6. The van der Waals surface area contributed by atoms with Gasteiger partial charge in [0.25, 0.3) is 5.56 Å². The van der Waals surface area contributed by atoms with Gasteiger partial charge in [-0.25, -0.2) is 14.2 Å². The fraction of sp³-hybridized carbons (Fsp3) is 0.389. The van der Waals surface area contributed by atoms with E-state index in [-0.39, 0.29) is 5.82 Å². The molecule has 2 aromatic heterocycles. The smallest absolute Gasteiger partial charge is 0.329 e. The lowest BCUT2D eigenvalue weighted by Gasteiger charge is -2.26. The Labute approximate surface area is 153 Å². The minimum Gasteiger partial charge on any atom is -0.379 e. The predicted octanol–water partition coefficient (Wildman–Crippen LogP) is 0.443. The molecule has 4 rings (SSSR count). The van der Waals surface area contributed by atoms with Crippen LogP contribution in [0.3, 0.4) is 0 Å². The maximum atomic E-state index is 13.2. The van der Waals surface area contributed by atoms with Gasteiger partial charge in [-0.2, -0.15) is 0 Å². The van der Waals surface area contributed by atoms with E-state index in [9.17, 15) is 14.0 Å². The zero-order chi connectivity index (χ0) is 19.0. The van der Waals surface area contributed by atoms with E-state index in [1.54, 1.807) is 23.7 Å². The maximum absolute atomic E-state index is 13.2. The highest BCUT2D eigenvalue weighted by Gasteiger charge is 2.20. The number of hydrogen-bond donors (Lipinski definition) is 1. The molecular weight excluding hydrogens is 353 g/mol.